The molecular weight excluding hydrogens is 474 g/mol. The first-order valence-corrected chi connectivity index (χ1v) is 15.6. The summed E-state index contributed by atoms with van der Waals surface area (Å²) in [5.74, 6) is 1.17. The molecule has 3 fully saturated rings. The van der Waals surface area contributed by atoms with Gasteiger partial charge in [0.25, 0.3) is 0 Å². The van der Waals surface area contributed by atoms with E-state index in [-0.39, 0.29) is 0 Å². The fourth-order valence-corrected chi connectivity index (χ4v) is 6.95. The van der Waals surface area contributed by atoms with Crippen LogP contribution in [-0.4, -0.2) is 86.8 Å². The van der Waals surface area contributed by atoms with E-state index in [1.807, 2.05) is 0 Å². The summed E-state index contributed by atoms with van der Waals surface area (Å²) < 4.78 is 0. The topological polar surface area (TPSA) is 111 Å². The van der Waals surface area contributed by atoms with E-state index in [1.54, 1.807) is 6.33 Å². The molecule has 2 aromatic heterocycles. The first-order valence-electron chi connectivity index (χ1n) is 15.6. The van der Waals surface area contributed by atoms with E-state index in [0.29, 0.717) is 30.2 Å². The highest BCUT2D eigenvalue weighted by molar-refractivity contribution is 5.74. The number of nitrogens with two attached hydrogens (primary N) is 1. The molecule has 3 unspecified atom stereocenters. The van der Waals surface area contributed by atoms with Gasteiger partial charge in [0.1, 0.15) is 5.52 Å². The number of nitrogens with one attached hydrogen (secondary N) is 3. The smallest absolute Gasteiger partial charge is 0.225 e. The highest BCUT2D eigenvalue weighted by Gasteiger charge is 2.33. The van der Waals surface area contributed by atoms with Gasteiger partial charge in [0.05, 0.1) is 18.2 Å². The minimum atomic E-state index is 0.342. The Morgan fingerprint density at radius 2 is 1.82 bits per heavy atom. The predicted octanol–water partition coefficient (Wildman–Crippen LogP) is 4.19. The third kappa shape index (κ3) is 7.03. The third-order valence-corrected chi connectivity index (χ3v) is 9.34. The van der Waals surface area contributed by atoms with E-state index in [1.165, 1.54) is 58.2 Å². The number of aromatic amines is 1. The summed E-state index contributed by atoms with van der Waals surface area (Å²) in [6.45, 7) is 10.6. The first-order chi connectivity index (χ1) is 18.6. The molecule has 0 bridgehead atoms. The maximum absolute atomic E-state index is 6.11. The number of piperidine rings is 1. The van der Waals surface area contributed by atoms with Gasteiger partial charge >= 0.3 is 0 Å². The van der Waals surface area contributed by atoms with Crippen molar-refractivity contribution in [1.82, 2.24) is 35.1 Å². The summed E-state index contributed by atoms with van der Waals surface area (Å²) in [5, 5.41) is 7.70. The molecule has 3 atom stereocenters. The number of hydrogen-bond acceptors (Lipinski definition) is 8. The van der Waals surface area contributed by atoms with E-state index in [2.05, 4.69) is 44.2 Å². The molecule has 5 N–H and O–H groups in total. The Hall–Kier alpha value is -1.81. The molecule has 1 saturated heterocycles. The molecule has 9 nitrogen and oxygen atoms in total. The first kappa shape index (κ1) is 27.7. The van der Waals surface area contributed by atoms with Crippen LogP contribution in [0.1, 0.15) is 103 Å². The number of H-pyrrole nitrogens is 1. The van der Waals surface area contributed by atoms with Crippen molar-refractivity contribution in [2.75, 3.05) is 38.0 Å². The van der Waals surface area contributed by atoms with Crippen LogP contribution in [0, 0.1) is 0 Å². The summed E-state index contributed by atoms with van der Waals surface area (Å²) in [7, 11) is 0. The van der Waals surface area contributed by atoms with Gasteiger partial charge in [-0.25, -0.2) is 9.97 Å². The summed E-state index contributed by atoms with van der Waals surface area (Å²) in [5.41, 5.74) is 9.05. The van der Waals surface area contributed by atoms with Gasteiger partial charge in [0.15, 0.2) is 5.65 Å². The summed E-state index contributed by atoms with van der Waals surface area (Å²) in [6.07, 6.45) is 16.6. The van der Waals surface area contributed by atoms with E-state index >= 15 is 0 Å². The van der Waals surface area contributed by atoms with Gasteiger partial charge in [0, 0.05) is 24.0 Å². The average molecular weight is 526 g/mol. The Balaban J connectivity index is 1.17. The highest BCUT2D eigenvalue weighted by Crippen LogP contribution is 2.37. The Morgan fingerprint density at radius 1 is 1.00 bits per heavy atom. The SMILES string of the molecule is CCN(CC)CCCCN1CCCCC1NC1CCC(c2nc(NC3CCC(N)CC3)nc3nc[nH]c23)C1. The van der Waals surface area contributed by atoms with E-state index in [0.717, 1.165) is 74.4 Å². The summed E-state index contributed by atoms with van der Waals surface area (Å²) >= 11 is 0. The number of rotatable bonds is 12. The van der Waals surface area contributed by atoms with Crippen LogP contribution < -0.4 is 16.4 Å². The maximum Gasteiger partial charge on any atom is 0.225 e. The van der Waals surface area contributed by atoms with E-state index in [4.69, 9.17) is 15.7 Å². The zero-order valence-corrected chi connectivity index (χ0v) is 23.8. The van der Waals surface area contributed by atoms with Gasteiger partial charge in [-0.15, -0.1) is 0 Å². The van der Waals surface area contributed by atoms with Crippen LogP contribution in [0.5, 0.6) is 0 Å². The third-order valence-electron chi connectivity index (χ3n) is 9.34. The number of imidazole rings is 1. The van der Waals surface area contributed by atoms with Gasteiger partial charge in [-0.2, -0.15) is 4.98 Å². The monoisotopic (exact) mass is 525 g/mol. The normalized spacial score (nSPS) is 28.9. The van der Waals surface area contributed by atoms with Crippen LogP contribution in [0.15, 0.2) is 6.33 Å². The second-order valence-corrected chi connectivity index (χ2v) is 11.9. The second kappa shape index (κ2) is 13.5. The Morgan fingerprint density at radius 3 is 2.63 bits per heavy atom. The highest BCUT2D eigenvalue weighted by atomic mass is 15.3. The molecule has 9 heteroatoms. The molecule has 2 aliphatic carbocycles. The maximum atomic E-state index is 6.11. The molecule has 3 aliphatic rings. The van der Waals surface area contributed by atoms with Crippen molar-refractivity contribution in [3.63, 3.8) is 0 Å². The average Bonchev–Trinajstić information content (AvgIpc) is 3.60. The fraction of sp³-hybridized carbons (Fsp3) is 0.828. The lowest BCUT2D eigenvalue weighted by Gasteiger charge is -2.38. The molecule has 0 spiro atoms. The van der Waals surface area contributed by atoms with Crippen LogP contribution in [-0.2, 0) is 0 Å². The van der Waals surface area contributed by atoms with Crippen LogP contribution >= 0.6 is 0 Å². The lowest BCUT2D eigenvalue weighted by molar-refractivity contribution is 0.106. The van der Waals surface area contributed by atoms with Crippen LogP contribution in [0.4, 0.5) is 5.95 Å². The molecular formula is C29H51N9. The Labute approximate surface area is 229 Å². The van der Waals surface area contributed by atoms with E-state index < -0.39 is 0 Å². The lowest BCUT2D eigenvalue weighted by Crippen LogP contribution is -2.51. The van der Waals surface area contributed by atoms with Gasteiger partial charge in [-0.3, -0.25) is 10.2 Å². The Bertz CT molecular complexity index is 982. The fourth-order valence-electron chi connectivity index (χ4n) is 6.95. The molecule has 212 valence electrons. The quantitative estimate of drug-likeness (QED) is 0.305. The zero-order chi connectivity index (χ0) is 26.3. The number of aromatic nitrogens is 4. The number of hydrogen-bond donors (Lipinski definition) is 4. The number of fused-ring (bicyclic) bond motifs is 1. The molecule has 38 heavy (non-hydrogen) atoms. The lowest BCUT2D eigenvalue weighted by atomic mass is 9.92. The van der Waals surface area contributed by atoms with E-state index in [9.17, 15) is 0 Å². The molecule has 1 aliphatic heterocycles. The molecule has 5 rings (SSSR count). The molecule has 2 saturated carbocycles. The van der Waals surface area contributed by atoms with Crippen molar-refractivity contribution in [3.05, 3.63) is 12.0 Å². The minimum Gasteiger partial charge on any atom is -0.351 e. The van der Waals surface area contributed by atoms with Crippen LogP contribution in [0.2, 0.25) is 0 Å². The van der Waals surface area contributed by atoms with Gasteiger partial charge in [-0.05, 0) is 110 Å². The minimum absolute atomic E-state index is 0.342. The molecule has 2 aromatic rings. The zero-order valence-electron chi connectivity index (χ0n) is 23.8. The second-order valence-electron chi connectivity index (χ2n) is 11.9. The molecule has 0 aromatic carbocycles. The van der Waals surface area contributed by atoms with Crippen molar-refractivity contribution < 1.29 is 0 Å². The molecule has 3 heterocycles. The van der Waals surface area contributed by atoms with Crippen molar-refractivity contribution in [1.29, 1.82) is 0 Å². The summed E-state index contributed by atoms with van der Waals surface area (Å²) in [6, 6.07) is 1.29. The van der Waals surface area contributed by atoms with Crippen molar-refractivity contribution in [3.8, 4) is 0 Å². The molecule has 0 radical (unpaired) electrons. The van der Waals surface area contributed by atoms with Crippen molar-refractivity contribution >= 4 is 17.1 Å². The van der Waals surface area contributed by atoms with Crippen LogP contribution in [0.3, 0.4) is 0 Å². The number of unbranched alkanes of at least 4 members (excludes halogenated alkanes) is 1. The predicted molar refractivity (Wildman–Crippen MR) is 155 cm³/mol. The standard InChI is InChI=1S/C29H51N9/c1-3-37(4-2)16-7-8-18-38-17-6-5-9-25(38)33-24-13-10-21(19-24)26-27-28(32-20-31-27)36-29(35-26)34-23-14-11-22(30)12-15-23/h20-25,33H,3-19,30H2,1-2H3,(H2,31,32,34,35,36). The largest absolute Gasteiger partial charge is 0.351 e. The number of likely N-dealkylation sites (tertiary alicyclic amines) is 1. The van der Waals surface area contributed by atoms with Gasteiger partial charge in [-0.1, -0.05) is 13.8 Å². The van der Waals surface area contributed by atoms with Crippen molar-refractivity contribution in [2.45, 2.75) is 121 Å². The number of nitrogens with zero attached hydrogens (tertiary/aromatic N) is 5. The number of anilines is 1. The van der Waals surface area contributed by atoms with Gasteiger partial charge in [0.2, 0.25) is 5.95 Å². The van der Waals surface area contributed by atoms with Crippen LogP contribution in [0.25, 0.3) is 11.2 Å². The summed E-state index contributed by atoms with van der Waals surface area (Å²) in [4.78, 5) is 22.9. The molecule has 0 amide bonds. The van der Waals surface area contributed by atoms with Crippen molar-refractivity contribution in [2.24, 2.45) is 5.73 Å². The Kier molecular flexibility index (Phi) is 9.86. The van der Waals surface area contributed by atoms with Gasteiger partial charge < -0.3 is 20.9 Å².